The van der Waals surface area contributed by atoms with E-state index in [2.05, 4.69) is 9.97 Å². The maximum atomic E-state index is 5.57. The van der Waals surface area contributed by atoms with E-state index in [1.54, 1.807) is 12.4 Å². The second kappa shape index (κ2) is 3.39. The lowest BCUT2D eigenvalue weighted by Gasteiger charge is -1.99. The fraction of sp³-hybridized carbons (Fsp3) is 0. The summed E-state index contributed by atoms with van der Waals surface area (Å²) >= 11 is 0. The molecule has 0 spiro atoms. The van der Waals surface area contributed by atoms with Crippen molar-refractivity contribution in [3.8, 4) is 11.1 Å². The number of benzene rings is 1. The van der Waals surface area contributed by atoms with Crippen LogP contribution >= 0.6 is 0 Å². The lowest BCUT2D eigenvalue weighted by atomic mass is 9.94. The first-order valence-corrected chi connectivity index (χ1v) is 3.97. The second-order valence-electron chi connectivity index (χ2n) is 2.75. The highest BCUT2D eigenvalue weighted by Gasteiger charge is 1.95. The van der Waals surface area contributed by atoms with Crippen molar-refractivity contribution in [1.82, 2.24) is 9.97 Å². The van der Waals surface area contributed by atoms with Gasteiger partial charge in [-0.3, -0.25) is 0 Å². The van der Waals surface area contributed by atoms with Crippen LogP contribution in [0.3, 0.4) is 0 Å². The summed E-state index contributed by atoms with van der Waals surface area (Å²) in [5, 5.41) is 0. The van der Waals surface area contributed by atoms with Gasteiger partial charge in [-0.1, -0.05) is 29.7 Å². The molecule has 0 saturated carbocycles. The van der Waals surface area contributed by atoms with Crippen LogP contribution in [0.2, 0.25) is 0 Å². The largest absolute Gasteiger partial charge is 0.244 e. The molecule has 2 radical (unpaired) electrons. The van der Waals surface area contributed by atoms with Crippen LogP contribution in [0, 0.1) is 0 Å². The van der Waals surface area contributed by atoms with Crippen LogP contribution in [0.1, 0.15) is 0 Å². The van der Waals surface area contributed by atoms with Crippen LogP contribution in [0.25, 0.3) is 11.1 Å². The van der Waals surface area contributed by atoms with E-state index in [-0.39, 0.29) is 0 Å². The molecule has 60 valence electrons. The normalized spacial score (nSPS) is 9.85. The standard InChI is InChI=1S/C10H7BN2/c11-10-3-1-8(2-4-10)9-5-12-7-13-6-9/h1-7H. The molecule has 0 atom stereocenters. The van der Waals surface area contributed by atoms with Crippen LogP contribution < -0.4 is 5.46 Å². The van der Waals surface area contributed by atoms with E-state index in [1.165, 1.54) is 6.33 Å². The van der Waals surface area contributed by atoms with E-state index in [9.17, 15) is 0 Å². The topological polar surface area (TPSA) is 25.8 Å². The molecule has 0 aliphatic carbocycles. The van der Waals surface area contributed by atoms with E-state index < -0.39 is 0 Å². The van der Waals surface area contributed by atoms with Gasteiger partial charge in [0, 0.05) is 18.0 Å². The van der Waals surface area contributed by atoms with Gasteiger partial charge in [0.25, 0.3) is 0 Å². The van der Waals surface area contributed by atoms with Crippen molar-refractivity contribution in [2.75, 3.05) is 0 Å². The van der Waals surface area contributed by atoms with Gasteiger partial charge in [0.05, 0.1) is 0 Å². The zero-order chi connectivity index (χ0) is 9.10. The molecule has 0 N–H and O–H groups in total. The molecule has 0 aliphatic heterocycles. The van der Waals surface area contributed by atoms with Crippen molar-refractivity contribution >= 4 is 13.3 Å². The van der Waals surface area contributed by atoms with E-state index in [4.69, 9.17) is 7.85 Å². The summed E-state index contributed by atoms with van der Waals surface area (Å²) in [6.07, 6.45) is 5.07. The Hall–Kier alpha value is -1.64. The third-order valence-electron chi connectivity index (χ3n) is 1.80. The molecule has 0 saturated heterocycles. The zero-order valence-electron chi connectivity index (χ0n) is 7.01. The third kappa shape index (κ3) is 1.75. The molecule has 0 amide bonds. The summed E-state index contributed by atoms with van der Waals surface area (Å²) in [7, 11) is 5.57. The minimum atomic E-state index is 0.764. The predicted molar refractivity (Wildman–Crippen MR) is 52.9 cm³/mol. The molecule has 2 aromatic rings. The highest BCUT2D eigenvalue weighted by atomic mass is 14.8. The summed E-state index contributed by atoms with van der Waals surface area (Å²) in [4.78, 5) is 7.88. The molecule has 1 heterocycles. The molecule has 13 heavy (non-hydrogen) atoms. The summed E-state index contributed by atoms with van der Waals surface area (Å²) < 4.78 is 0. The van der Waals surface area contributed by atoms with E-state index in [0.717, 1.165) is 16.6 Å². The first kappa shape index (κ1) is 7.99. The van der Waals surface area contributed by atoms with Gasteiger partial charge in [-0.25, -0.2) is 9.97 Å². The van der Waals surface area contributed by atoms with Gasteiger partial charge >= 0.3 is 0 Å². The van der Waals surface area contributed by atoms with Gasteiger partial charge in [-0.05, 0) is 5.56 Å². The van der Waals surface area contributed by atoms with Crippen LogP contribution in [-0.4, -0.2) is 17.8 Å². The SMILES string of the molecule is [B]c1ccc(-c2cncnc2)cc1. The lowest BCUT2D eigenvalue weighted by molar-refractivity contribution is 1.17. The summed E-state index contributed by atoms with van der Waals surface area (Å²) in [6, 6.07) is 7.63. The molecule has 2 rings (SSSR count). The fourth-order valence-corrected chi connectivity index (χ4v) is 1.12. The first-order valence-electron chi connectivity index (χ1n) is 3.97. The van der Waals surface area contributed by atoms with Gasteiger partial charge in [-0.15, -0.1) is 0 Å². The highest BCUT2D eigenvalue weighted by molar-refractivity contribution is 6.32. The Balaban J connectivity index is 2.42. The van der Waals surface area contributed by atoms with Crippen LogP contribution in [0.15, 0.2) is 43.0 Å². The molecule has 2 nitrogen and oxygen atoms in total. The number of hydrogen-bond donors (Lipinski definition) is 0. The van der Waals surface area contributed by atoms with Crippen LogP contribution in [0.4, 0.5) is 0 Å². The Morgan fingerprint density at radius 1 is 0.846 bits per heavy atom. The predicted octanol–water partition coefficient (Wildman–Crippen LogP) is 0.937. The molecule has 0 fully saturated rings. The van der Waals surface area contributed by atoms with Gasteiger partial charge in [0.15, 0.2) is 0 Å². The molecular weight excluding hydrogens is 159 g/mol. The van der Waals surface area contributed by atoms with Gasteiger partial charge < -0.3 is 0 Å². The minimum Gasteiger partial charge on any atom is -0.244 e. The molecule has 0 unspecified atom stereocenters. The second-order valence-corrected chi connectivity index (χ2v) is 2.75. The molecular formula is C10H7BN2. The number of nitrogens with zero attached hydrogens (tertiary/aromatic N) is 2. The molecule has 0 bridgehead atoms. The van der Waals surface area contributed by atoms with E-state index in [0.29, 0.717) is 0 Å². The van der Waals surface area contributed by atoms with Crippen LogP contribution in [-0.2, 0) is 0 Å². The summed E-state index contributed by atoms with van der Waals surface area (Å²) in [6.45, 7) is 0. The smallest absolute Gasteiger partial charge is 0.115 e. The maximum Gasteiger partial charge on any atom is 0.115 e. The number of hydrogen-bond acceptors (Lipinski definition) is 2. The average Bonchev–Trinajstić information content (AvgIpc) is 2.20. The Labute approximate surface area is 78.1 Å². The van der Waals surface area contributed by atoms with Crippen molar-refractivity contribution in [2.24, 2.45) is 0 Å². The highest BCUT2D eigenvalue weighted by Crippen LogP contribution is 2.14. The van der Waals surface area contributed by atoms with Crippen LogP contribution in [0.5, 0.6) is 0 Å². The Bertz CT molecular complexity index is 383. The van der Waals surface area contributed by atoms with Crippen molar-refractivity contribution in [2.45, 2.75) is 0 Å². The number of aromatic nitrogens is 2. The van der Waals surface area contributed by atoms with Gasteiger partial charge in [-0.2, -0.15) is 0 Å². The monoisotopic (exact) mass is 166 g/mol. The van der Waals surface area contributed by atoms with Crippen molar-refractivity contribution in [1.29, 1.82) is 0 Å². The first-order chi connectivity index (χ1) is 6.36. The minimum absolute atomic E-state index is 0.764. The number of rotatable bonds is 1. The van der Waals surface area contributed by atoms with Crippen molar-refractivity contribution in [3.05, 3.63) is 43.0 Å². The average molecular weight is 166 g/mol. The molecule has 3 heteroatoms. The Morgan fingerprint density at radius 2 is 1.46 bits per heavy atom. The Kier molecular flexibility index (Phi) is 2.09. The van der Waals surface area contributed by atoms with Crippen molar-refractivity contribution < 1.29 is 0 Å². The summed E-state index contributed by atoms with van der Waals surface area (Å²) in [5.41, 5.74) is 2.85. The zero-order valence-corrected chi connectivity index (χ0v) is 7.01. The Morgan fingerprint density at radius 3 is 2.08 bits per heavy atom. The van der Waals surface area contributed by atoms with Crippen molar-refractivity contribution in [3.63, 3.8) is 0 Å². The fourth-order valence-electron chi connectivity index (χ4n) is 1.12. The maximum absolute atomic E-state index is 5.57. The summed E-state index contributed by atoms with van der Waals surface area (Å²) in [5.74, 6) is 0. The molecule has 0 aliphatic rings. The van der Waals surface area contributed by atoms with Gasteiger partial charge in [0.1, 0.15) is 14.2 Å². The van der Waals surface area contributed by atoms with E-state index in [1.807, 2.05) is 24.3 Å². The molecule has 1 aromatic carbocycles. The third-order valence-corrected chi connectivity index (χ3v) is 1.80. The lowest BCUT2D eigenvalue weighted by Crippen LogP contribution is -1.99. The van der Waals surface area contributed by atoms with Gasteiger partial charge in [0.2, 0.25) is 0 Å². The van der Waals surface area contributed by atoms with E-state index >= 15 is 0 Å². The molecule has 1 aromatic heterocycles. The quantitative estimate of drug-likeness (QED) is 0.589.